The number of benzene rings is 1. The molecule has 1 fully saturated rings. The summed E-state index contributed by atoms with van der Waals surface area (Å²) in [6, 6.07) is 7.54. The Morgan fingerprint density at radius 3 is 2.65 bits per heavy atom. The predicted molar refractivity (Wildman–Crippen MR) is 81.1 cm³/mol. The van der Waals surface area contributed by atoms with E-state index in [0.717, 1.165) is 43.7 Å². The maximum absolute atomic E-state index is 12.5. The second-order valence-electron chi connectivity index (χ2n) is 5.27. The normalized spacial score (nSPS) is 21.7. The fraction of sp³-hybridized carbons (Fsp3) is 0.562. The van der Waals surface area contributed by atoms with Crippen molar-refractivity contribution in [1.29, 1.82) is 0 Å². The highest BCUT2D eigenvalue weighted by atomic mass is 16.5. The molecule has 1 unspecified atom stereocenters. The van der Waals surface area contributed by atoms with Crippen molar-refractivity contribution in [3.63, 3.8) is 0 Å². The smallest absolute Gasteiger partial charge is 0.244 e. The maximum Gasteiger partial charge on any atom is 0.244 e. The van der Waals surface area contributed by atoms with Gasteiger partial charge in [0.1, 0.15) is 5.75 Å². The zero-order valence-electron chi connectivity index (χ0n) is 12.4. The monoisotopic (exact) mass is 276 g/mol. The zero-order chi connectivity index (χ0) is 14.4. The number of anilines is 1. The Hall–Kier alpha value is -1.55. The summed E-state index contributed by atoms with van der Waals surface area (Å²) in [6.07, 6.45) is 3.87. The number of hydrogen-bond donors (Lipinski definition) is 2. The third-order valence-electron chi connectivity index (χ3n) is 3.78. The first kappa shape index (κ1) is 14.9. The van der Waals surface area contributed by atoms with E-state index in [1.807, 2.05) is 31.2 Å². The number of carbonyl (C=O) groups excluding carboxylic acids is 1. The molecule has 0 radical (unpaired) electrons. The minimum Gasteiger partial charge on any atom is -0.494 e. The molecule has 2 N–H and O–H groups in total. The van der Waals surface area contributed by atoms with Gasteiger partial charge in [-0.2, -0.15) is 0 Å². The van der Waals surface area contributed by atoms with Crippen molar-refractivity contribution in [2.24, 2.45) is 0 Å². The van der Waals surface area contributed by atoms with Crippen LogP contribution in [-0.4, -0.2) is 24.6 Å². The summed E-state index contributed by atoms with van der Waals surface area (Å²) in [7, 11) is 0. The van der Waals surface area contributed by atoms with E-state index >= 15 is 0 Å². The van der Waals surface area contributed by atoms with Crippen molar-refractivity contribution in [2.75, 3.05) is 18.5 Å². The highest BCUT2D eigenvalue weighted by Gasteiger charge is 2.39. The van der Waals surface area contributed by atoms with Gasteiger partial charge < -0.3 is 15.4 Å². The standard InChI is InChI=1S/C16H24N2O2/c1-3-10-16(11-5-12-17-16)15(19)18-13-6-8-14(9-7-13)20-4-2/h6-9,17H,3-5,10-12H2,1-2H3,(H,18,19). The summed E-state index contributed by atoms with van der Waals surface area (Å²) in [4.78, 5) is 12.5. The highest BCUT2D eigenvalue weighted by Crippen LogP contribution is 2.27. The molecule has 0 aliphatic carbocycles. The van der Waals surface area contributed by atoms with E-state index in [1.165, 1.54) is 0 Å². The van der Waals surface area contributed by atoms with Crippen molar-refractivity contribution < 1.29 is 9.53 Å². The Balaban J connectivity index is 2.02. The molecule has 2 rings (SSSR count). The van der Waals surface area contributed by atoms with Gasteiger partial charge in [-0.05, 0) is 57.0 Å². The van der Waals surface area contributed by atoms with Gasteiger partial charge in [-0.25, -0.2) is 0 Å². The lowest BCUT2D eigenvalue weighted by Crippen LogP contribution is -2.50. The van der Waals surface area contributed by atoms with Crippen LogP contribution < -0.4 is 15.4 Å². The lowest BCUT2D eigenvalue weighted by molar-refractivity contribution is -0.122. The van der Waals surface area contributed by atoms with Crippen LogP contribution in [0.15, 0.2) is 24.3 Å². The van der Waals surface area contributed by atoms with E-state index < -0.39 is 0 Å². The van der Waals surface area contributed by atoms with Gasteiger partial charge in [0.05, 0.1) is 12.1 Å². The lowest BCUT2D eigenvalue weighted by atomic mass is 9.91. The van der Waals surface area contributed by atoms with Crippen LogP contribution in [0, 0.1) is 0 Å². The molecule has 1 aliphatic rings. The zero-order valence-corrected chi connectivity index (χ0v) is 12.4. The van der Waals surface area contributed by atoms with Crippen molar-refractivity contribution in [3.8, 4) is 5.75 Å². The average Bonchev–Trinajstić information content (AvgIpc) is 2.92. The molecule has 1 heterocycles. The Morgan fingerprint density at radius 2 is 2.10 bits per heavy atom. The first-order valence-corrected chi connectivity index (χ1v) is 7.49. The SMILES string of the molecule is CCCC1(C(=O)Nc2ccc(OCC)cc2)CCCN1. The third-order valence-corrected chi connectivity index (χ3v) is 3.78. The van der Waals surface area contributed by atoms with Crippen molar-refractivity contribution in [2.45, 2.75) is 45.1 Å². The van der Waals surface area contributed by atoms with Crippen LogP contribution in [0.25, 0.3) is 0 Å². The summed E-state index contributed by atoms with van der Waals surface area (Å²) >= 11 is 0. The minimum absolute atomic E-state index is 0.0843. The third kappa shape index (κ3) is 3.31. The van der Waals surface area contributed by atoms with E-state index in [1.54, 1.807) is 0 Å². The van der Waals surface area contributed by atoms with Gasteiger partial charge in [-0.15, -0.1) is 0 Å². The van der Waals surface area contributed by atoms with Crippen LogP contribution in [-0.2, 0) is 4.79 Å². The van der Waals surface area contributed by atoms with Gasteiger partial charge in [0.2, 0.25) is 5.91 Å². The molecule has 0 saturated carbocycles. The molecule has 110 valence electrons. The average molecular weight is 276 g/mol. The Morgan fingerprint density at radius 1 is 1.35 bits per heavy atom. The lowest BCUT2D eigenvalue weighted by Gasteiger charge is -2.27. The van der Waals surface area contributed by atoms with E-state index in [4.69, 9.17) is 4.74 Å². The molecule has 1 amide bonds. The van der Waals surface area contributed by atoms with Crippen molar-refractivity contribution >= 4 is 11.6 Å². The maximum atomic E-state index is 12.5. The molecular weight excluding hydrogens is 252 g/mol. The summed E-state index contributed by atoms with van der Waals surface area (Å²) < 4.78 is 5.40. The summed E-state index contributed by atoms with van der Waals surface area (Å²) in [5.74, 6) is 0.911. The highest BCUT2D eigenvalue weighted by molar-refractivity contribution is 5.98. The van der Waals surface area contributed by atoms with Crippen LogP contribution in [0.2, 0.25) is 0 Å². The summed E-state index contributed by atoms with van der Waals surface area (Å²) in [5, 5.41) is 6.41. The Kier molecular flexibility index (Phi) is 5.01. The van der Waals surface area contributed by atoms with Crippen LogP contribution in [0.3, 0.4) is 0 Å². The molecule has 20 heavy (non-hydrogen) atoms. The number of nitrogens with one attached hydrogen (secondary N) is 2. The number of carbonyl (C=O) groups is 1. The second-order valence-corrected chi connectivity index (χ2v) is 5.27. The summed E-state index contributed by atoms with van der Waals surface area (Å²) in [6.45, 7) is 5.65. The van der Waals surface area contributed by atoms with Crippen molar-refractivity contribution in [1.82, 2.24) is 5.32 Å². The van der Waals surface area contributed by atoms with Gasteiger partial charge >= 0.3 is 0 Å². The minimum atomic E-state index is -0.382. The van der Waals surface area contributed by atoms with Crippen LogP contribution in [0.4, 0.5) is 5.69 Å². The fourth-order valence-corrected chi connectivity index (χ4v) is 2.81. The number of rotatable bonds is 6. The molecule has 4 heteroatoms. The fourth-order valence-electron chi connectivity index (χ4n) is 2.81. The number of hydrogen-bond acceptors (Lipinski definition) is 3. The van der Waals surface area contributed by atoms with Crippen LogP contribution in [0.5, 0.6) is 5.75 Å². The van der Waals surface area contributed by atoms with E-state index in [9.17, 15) is 4.79 Å². The van der Waals surface area contributed by atoms with E-state index in [-0.39, 0.29) is 11.4 Å². The number of ether oxygens (including phenoxy) is 1. The Labute approximate surface area is 120 Å². The second kappa shape index (κ2) is 6.75. The molecule has 1 aromatic carbocycles. The van der Waals surface area contributed by atoms with Gasteiger partial charge in [0.25, 0.3) is 0 Å². The van der Waals surface area contributed by atoms with Crippen molar-refractivity contribution in [3.05, 3.63) is 24.3 Å². The largest absolute Gasteiger partial charge is 0.494 e. The van der Waals surface area contributed by atoms with Crippen LogP contribution >= 0.6 is 0 Å². The van der Waals surface area contributed by atoms with E-state index in [0.29, 0.717) is 6.61 Å². The first-order valence-electron chi connectivity index (χ1n) is 7.49. The number of amides is 1. The van der Waals surface area contributed by atoms with E-state index in [2.05, 4.69) is 17.6 Å². The van der Waals surface area contributed by atoms with Crippen LogP contribution in [0.1, 0.15) is 39.5 Å². The molecule has 1 saturated heterocycles. The molecule has 1 aliphatic heterocycles. The molecule has 1 aromatic rings. The molecule has 4 nitrogen and oxygen atoms in total. The van der Waals surface area contributed by atoms with Gasteiger partial charge in [0.15, 0.2) is 0 Å². The Bertz CT molecular complexity index is 436. The molecule has 0 aromatic heterocycles. The molecule has 0 bridgehead atoms. The first-order chi connectivity index (χ1) is 9.70. The molecular formula is C16H24N2O2. The quantitative estimate of drug-likeness (QED) is 0.840. The molecule has 1 atom stereocenters. The summed E-state index contributed by atoms with van der Waals surface area (Å²) in [5.41, 5.74) is 0.440. The topological polar surface area (TPSA) is 50.4 Å². The van der Waals surface area contributed by atoms with Gasteiger partial charge in [0, 0.05) is 5.69 Å². The van der Waals surface area contributed by atoms with Gasteiger partial charge in [-0.3, -0.25) is 4.79 Å². The predicted octanol–water partition coefficient (Wildman–Crippen LogP) is 2.95. The van der Waals surface area contributed by atoms with Gasteiger partial charge in [-0.1, -0.05) is 13.3 Å². The molecule has 0 spiro atoms.